The largest absolute Gasteiger partial charge is 0.396 e. The molecule has 5 rings (SSSR count). The molecule has 1 atom stereocenters. The van der Waals surface area contributed by atoms with Crippen LogP contribution in [0, 0.1) is 11.7 Å². The predicted molar refractivity (Wildman–Crippen MR) is 122 cm³/mol. The fourth-order valence-electron chi connectivity index (χ4n) is 5.77. The molecule has 2 saturated heterocycles. The van der Waals surface area contributed by atoms with Gasteiger partial charge in [-0.05, 0) is 68.6 Å². The minimum atomic E-state index is -0.704. The van der Waals surface area contributed by atoms with Crippen molar-refractivity contribution in [1.29, 1.82) is 0 Å². The van der Waals surface area contributed by atoms with Crippen LogP contribution in [0.4, 0.5) is 10.1 Å². The molecule has 3 heterocycles. The van der Waals surface area contributed by atoms with Crippen LogP contribution in [0.3, 0.4) is 0 Å². The zero-order valence-corrected chi connectivity index (χ0v) is 19.3. The topological polar surface area (TPSA) is 99.2 Å². The first-order chi connectivity index (χ1) is 16.4. The third-order valence-corrected chi connectivity index (χ3v) is 7.81. The van der Waals surface area contributed by atoms with Gasteiger partial charge in [0.2, 0.25) is 11.8 Å². The Morgan fingerprint density at radius 3 is 2.38 bits per heavy atom. The van der Waals surface area contributed by atoms with E-state index in [0.717, 1.165) is 38.5 Å². The van der Waals surface area contributed by atoms with Gasteiger partial charge in [-0.25, -0.2) is 4.39 Å². The number of aliphatic hydroxyl groups is 1. The van der Waals surface area contributed by atoms with Crippen LogP contribution in [0.2, 0.25) is 0 Å². The van der Waals surface area contributed by atoms with Crippen LogP contribution < -0.4 is 10.2 Å². The Labute approximate surface area is 198 Å². The molecule has 3 fully saturated rings. The minimum absolute atomic E-state index is 0.161. The lowest BCUT2D eigenvalue weighted by Crippen LogP contribution is -2.52. The molecule has 8 nitrogen and oxygen atoms in total. The second-order valence-electron chi connectivity index (χ2n) is 10.0. The highest BCUT2D eigenvalue weighted by Gasteiger charge is 2.40. The molecular formula is C25H32FN3O5. The van der Waals surface area contributed by atoms with Crippen molar-refractivity contribution in [3.63, 3.8) is 0 Å². The number of hydrogen-bond donors (Lipinski definition) is 2. The van der Waals surface area contributed by atoms with Gasteiger partial charge in [0.05, 0.1) is 17.9 Å². The van der Waals surface area contributed by atoms with Crippen LogP contribution in [-0.2, 0) is 20.9 Å². The number of carbonyl (C=O) groups is 3. The molecule has 1 saturated carbocycles. The molecule has 0 spiro atoms. The van der Waals surface area contributed by atoms with Gasteiger partial charge in [-0.3, -0.25) is 19.7 Å². The van der Waals surface area contributed by atoms with Crippen LogP contribution >= 0.6 is 0 Å². The van der Waals surface area contributed by atoms with Crippen molar-refractivity contribution >= 4 is 23.4 Å². The maximum atomic E-state index is 15.1. The SMILES string of the molecule is O=C1CCC(N2Cc3cc(N4CCC(OC5CCC(CO)CC5)CC4)c(F)cc3C2=O)C(=O)N1. The van der Waals surface area contributed by atoms with Crippen molar-refractivity contribution in [2.75, 3.05) is 24.6 Å². The van der Waals surface area contributed by atoms with Crippen molar-refractivity contribution in [1.82, 2.24) is 10.2 Å². The number of amides is 3. The molecule has 4 aliphatic rings. The number of halogens is 1. The number of benzene rings is 1. The summed E-state index contributed by atoms with van der Waals surface area (Å²) in [5, 5.41) is 11.6. The van der Waals surface area contributed by atoms with Gasteiger partial charge in [-0.2, -0.15) is 0 Å². The Kier molecular flexibility index (Phi) is 6.57. The maximum absolute atomic E-state index is 15.1. The summed E-state index contributed by atoms with van der Waals surface area (Å²) in [6.07, 6.45) is 6.52. The molecule has 1 aromatic rings. The van der Waals surface area contributed by atoms with E-state index in [2.05, 4.69) is 5.32 Å². The summed E-state index contributed by atoms with van der Waals surface area (Å²) >= 11 is 0. The summed E-state index contributed by atoms with van der Waals surface area (Å²) in [5.74, 6) is -1.19. The quantitative estimate of drug-likeness (QED) is 0.636. The van der Waals surface area contributed by atoms with E-state index in [1.54, 1.807) is 6.07 Å². The average molecular weight is 474 g/mol. The number of nitrogens with zero attached hydrogens (tertiary/aromatic N) is 2. The highest BCUT2D eigenvalue weighted by molar-refractivity contribution is 6.05. The first kappa shape index (κ1) is 23.2. The smallest absolute Gasteiger partial charge is 0.255 e. The fourth-order valence-corrected chi connectivity index (χ4v) is 5.77. The molecular weight excluding hydrogens is 441 g/mol. The van der Waals surface area contributed by atoms with Crippen molar-refractivity contribution < 1.29 is 28.6 Å². The first-order valence-corrected chi connectivity index (χ1v) is 12.4. The Morgan fingerprint density at radius 1 is 1.00 bits per heavy atom. The number of imide groups is 1. The molecule has 3 amide bonds. The average Bonchev–Trinajstić information content (AvgIpc) is 3.15. The minimum Gasteiger partial charge on any atom is -0.396 e. The number of nitrogens with one attached hydrogen (secondary N) is 1. The number of aliphatic hydroxyl groups excluding tert-OH is 1. The number of rotatable bonds is 5. The van der Waals surface area contributed by atoms with Gasteiger partial charge in [-0.15, -0.1) is 0 Å². The van der Waals surface area contributed by atoms with E-state index in [4.69, 9.17) is 4.74 Å². The Bertz CT molecular complexity index is 970. The van der Waals surface area contributed by atoms with E-state index in [9.17, 15) is 19.5 Å². The molecule has 0 bridgehead atoms. The van der Waals surface area contributed by atoms with Gasteiger partial charge < -0.3 is 19.6 Å². The summed E-state index contributed by atoms with van der Waals surface area (Å²) < 4.78 is 21.4. The van der Waals surface area contributed by atoms with Gasteiger partial charge in [0.15, 0.2) is 0 Å². The molecule has 0 radical (unpaired) electrons. The summed E-state index contributed by atoms with van der Waals surface area (Å²) in [6.45, 7) is 1.85. The zero-order valence-electron chi connectivity index (χ0n) is 19.3. The number of ether oxygens (including phenoxy) is 1. The van der Waals surface area contributed by atoms with Gasteiger partial charge in [0, 0.05) is 38.2 Å². The molecule has 1 aromatic carbocycles. The Balaban J connectivity index is 1.20. The lowest BCUT2D eigenvalue weighted by atomic mass is 9.88. The lowest BCUT2D eigenvalue weighted by molar-refractivity contribution is -0.136. The van der Waals surface area contributed by atoms with E-state index >= 15 is 4.39 Å². The van der Waals surface area contributed by atoms with Crippen molar-refractivity contribution in [3.8, 4) is 0 Å². The molecule has 2 N–H and O–H groups in total. The van der Waals surface area contributed by atoms with E-state index in [1.807, 2.05) is 4.90 Å². The van der Waals surface area contributed by atoms with Crippen molar-refractivity contribution in [2.24, 2.45) is 5.92 Å². The van der Waals surface area contributed by atoms with E-state index in [1.165, 1.54) is 11.0 Å². The monoisotopic (exact) mass is 473 g/mol. The van der Waals surface area contributed by atoms with E-state index in [-0.39, 0.29) is 50.0 Å². The summed E-state index contributed by atoms with van der Waals surface area (Å²) in [6, 6.07) is 2.33. The van der Waals surface area contributed by atoms with Gasteiger partial charge >= 0.3 is 0 Å². The van der Waals surface area contributed by atoms with Crippen LogP contribution in [-0.4, -0.2) is 65.7 Å². The third kappa shape index (κ3) is 4.55. The zero-order chi connectivity index (χ0) is 23.8. The molecule has 1 unspecified atom stereocenters. The molecule has 184 valence electrons. The van der Waals surface area contributed by atoms with Crippen LogP contribution in [0.1, 0.15) is 67.3 Å². The summed E-state index contributed by atoms with van der Waals surface area (Å²) in [7, 11) is 0. The van der Waals surface area contributed by atoms with E-state index in [0.29, 0.717) is 35.8 Å². The molecule has 0 aromatic heterocycles. The van der Waals surface area contributed by atoms with Crippen LogP contribution in [0.25, 0.3) is 0 Å². The summed E-state index contributed by atoms with van der Waals surface area (Å²) in [5.41, 5.74) is 1.49. The third-order valence-electron chi connectivity index (χ3n) is 7.81. The first-order valence-electron chi connectivity index (χ1n) is 12.4. The lowest BCUT2D eigenvalue weighted by Gasteiger charge is -2.37. The Hall–Kier alpha value is -2.52. The highest BCUT2D eigenvalue weighted by atomic mass is 19.1. The van der Waals surface area contributed by atoms with Gasteiger partial charge in [-0.1, -0.05) is 0 Å². The standard InChI is InChI=1S/C25H32FN3O5/c26-20-12-19-16(13-29(25(19)33)21-5-6-23(31)27-24(21)32)11-22(20)28-9-7-18(8-10-28)34-17-3-1-15(14-30)2-4-17/h11-12,15,17-18,21,30H,1-10,13-14H2,(H,27,31,32). The normalized spacial score (nSPS) is 28.3. The molecule has 9 heteroatoms. The van der Waals surface area contributed by atoms with Crippen LogP contribution in [0.15, 0.2) is 12.1 Å². The van der Waals surface area contributed by atoms with Crippen molar-refractivity contribution in [2.45, 2.75) is 76.2 Å². The Morgan fingerprint density at radius 2 is 1.71 bits per heavy atom. The number of anilines is 1. The second kappa shape index (κ2) is 9.62. The van der Waals surface area contributed by atoms with Gasteiger partial charge in [0.25, 0.3) is 5.91 Å². The highest BCUT2D eigenvalue weighted by Crippen LogP contribution is 2.34. The molecule has 3 aliphatic heterocycles. The summed E-state index contributed by atoms with van der Waals surface area (Å²) in [4.78, 5) is 40.0. The predicted octanol–water partition coefficient (Wildman–Crippen LogP) is 2.12. The van der Waals surface area contributed by atoms with Crippen LogP contribution in [0.5, 0.6) is 0 Å². The van der Waals surface area contributed by atoms with Gasteiger partial charge in [0.1, 0.15) is 11.9 Å². The second-order valence-corrected chi connectivity index (χ2v) is 10.0. The number of carbonyl (C=O) groups excluding carboxylic acids is 3. The number of fused-ring (bicyclic) bond motifs is 1. The number of hydrogen-bond acceptors (Lipinski definition) is 6. The van der Waals surface area contributed by atoms with E-state index < -0.39 is 17.8 Å². The van der Waals surface area contributed by atoms with Crippen molar-refractivity contribution in [3.05, 3.63) is 29.1 Å². The molecule has 1 aliphatic carbocycles. The number of piperidine rings is 2. The fraction of sp³-hybridized carbons (Fsp3) is 0.640. The maximum Gasteiger partial charge on any atom is 0.255 e. The molecule has 34 heavy (non-hydrogen) atoms.